The summed E-state index contributed by atoms with van der Waals surface area (Å²) < 4.78 is 23.1. The van der Waals surface area contributed by atoms with Crippen molar-refractivity contribution in [3.05, 3.63) is 35.1 Å². The second-order valence-electron chi connectivity index (χ2n) is 11.6. The van der Waals surface area contributed by atoms with Gasteiger partial charge in [0.05, 0.1) is 30.6 Å². The van der Waals surface area contributed by atoms with Gasteiger partial charge in [-0.05, 0) is 88.3 Å². The topological polar surface area (TPSA) is 135 Å². The van der Waals surface area contributed by atoms with Gasteiger partial charge in [-0.1, -0.05) is 0 Å². The Bertz CT molecular complexity index is 1140. The molecule has 1 saturated heterocycles. The number of rotatable bonds is 9. The Morgan fingerprint density at radius 2 is 1.89 bits per heavy atom. The zero-order chi connectivity index (χ0) is 27.3. The fourth-order valence-electron chi connectivity index (χ4n) is 6.65. The maximum absolute atomic E-state index is 13.6. The molecule has 1 fully saturated rings. The molecule has 38 heavy (non-hydrogen) atoms. The van der Waals surface area contributed by atoms with E-state index in [1.807, 2.05) is 18.2 Å². The third-order valence-corrected chi connectivity index (χ3v) is 8.40. The highest BCUT2D eigenvalue weighted by molar-refractivity contribution is 5.85. The van der Waals surface area contributed by atoms with Gasteiger partial charge in [0, 0.05) is 6.54 Å². The molecule has 10 nitrogen and oxygen atoms in total. The Morgan fingerprint density at radius 3 is 2.58 bits per heavy atom. The van der Waals surface area contributed by atoms with Gasteiger partial charge in [-0.15, -0.1) is 0 Å². The fraction of sp³-hybridized carbons (Fsp3) is 0.643. The number of aliphatic hydroxyl groups is 2. The number of nitrogens with zero attached hydrogens (tertiary/aromatic N) is 1. The van der Waals surface area contributed by atoms with Crippen LogP contribution in [0.1, 0.15) is 69.4 Å². The summed E-state index contributed by atoms with van der Waals surface area (Å²) in [5.74, 6) is -0.843. The number of carbonyl (C=O) groups is 2. The number of fused-ring (bicyclic) bond motifs is 3. The molecule has 0 saturated carbocycles. The zero-order valence-corrected chi connectivity index (χ0v) is 22.2. The molecule has 4 atom stereocenters. The standard InChI is InChI=1S/C28H37NO9/c1-26(2,33)7-4-9-28(34,15-22(30)31)25(32)38-24-21(35-3)14-27-8-5-10-29(27)11-6-17-12-19-20(37-16-36-19)13-18(17)23(24)27/h12-14,23-24,33-34H,4-11,15-16H2,1-3H3,(H,30,31)/t23?,24?,27-,28+/m1/s1. The fourth-order valence-corrected chi connectivity index (χ4v) is 6.65. The van der Waals surface area contributed by atoms with E-state index in [9.17, 15) is 24.9 Å². The van der Waals surface area contributed by atoms with E-state index in [2.05, 4.69) is 4.90 Å². The van der Waals surface area contributed by atoms with Crippen LogP contribution in [0, 0.1) is 0 Å². The lowest BCUT2D eigenvalue weighted by atomic mass is 9.77. The average Bonchev–Trinajstić information content (AvgIpc) is 3.51. The van der Waals surface area contributed by atoms with Crippen LogP contribution >= 0.6 is 0 Å². The molecule has 1 aromatic carbocycles. The third-order valence-electron chi connectivity index (χ3n) is 8.40. The van der Waals surface area contributed by atoms with Crippen LogP contribution in [0.4, 0.5) is 0 Å². The number of carbonyl (C=O) groups excluding carboxylic acids is 1. The smallest absolute Gasteiger partial charge is 0.339 e. The minimum Gasteiger partial charge on any atom is -0.497 e. The molecule has 5 rings (SSSR count). The molecule has 3 heterocycles. The lowest BCUT2D eigenvalue weighted by molar-refractivity contribution is -0.178. The highest BCUT2D eigenvalue weighted by Gasteiger charge is 2.59. The van der Waals surface area contributed by atoms with E-state index in [0.29, 0.717) is 17.3 Å². The summed E-state index contributed by atoms with van der Waals surface area (Å²) in [5, 5.41) is 30.9. The molecule has 4 aliphatic rings. The molecule has 1 aromatic rings. The summed E-state index contributed by atoms with van der Waals surface area (Å²) in [5.41, 5.74) is -1.65. The first kappa shape index (κ1) is 26.8. The Labute approximate surface area is 222 Å². The minimum atomic E-state index is -2.25. The molecular formula is C28H37NO9. The summed E-state index contributed by atoms with van der Waals surface area (Å²) >= 11 is 0. The van der Waals surface area contributed by atoms with Crippen LogP contribution in [0.2, 0.25) is 0 Å². The molecule has 3 N–H and O–H groups in total. The Balaban J connectivity index is 1.50. The maximum atomic E-state index is 13.6. The van der Waals surface area contributed by atoms with Gasteiger partial charge in [-0.2, -0.15) is 0 Å². The summed E-state index contributed by atoms with van der Waals surface area (Å²) in [6.07, 6.45) is 3.38. The molecule has 1 aliphatic carbocycles. The second-order valence-corrected chi connectivity index (χ2v) is 11.6. The second kappa shape index (κ2) is 9.73. The predicted octanol–water partition coefficient (Wildman–Crippen LogP) is 2.49. The summed E-state index contributed by atoms with van der Waals surface area (Å²) in [4.78, 5) is 27.6. The van der Waals surface area contributed by atoms with Crippen molar-refractivity contribution < 1.29 is 43.9 Å². The minimum absolute atomic E-state index is 0.146. The van der Waals surface area contributed by atoms with Crippen molar-refractivity contribution in [2.75, 3.05) is 27.0 Å². The van der Waals surface area contributed by atoms with E-state index in [-0.39, 0.29) is 32.0 Å². The summed E-state index contributed by atoms with van der Waals surface area (Å²) in [6.45, 7) is 5.10. The van der Waals surface area contributed by atoms with Gasteiger partial charge in [0.15, 0.2) is 23.2 Å². The van der Waals surface area contributed by atoms with E-state index in [1.165, 1.54) is 7.11 Å². The van der Waals surface area contributed by atoms with Crippen LogP contribution in [0.15, 0.2) is 24.0 Å². The van der Waals surface area contributed by atoms with E-state index in [0.717, 1.165) is 43.5 Å². The Hall–Kier alpha value is -2.82. The van der Waals surface area contributed by atoms with E-state index < -0.39 is 41.2 Å². The zero-order valence-electron chi connectivity index (χ0n) is 22.2. The van der Waals surface area contributed by atoms with Crippen LogP contribution in [0.25, 0.3) is 0 Å². The van der Waals surface area contributed by atoms with Gasteiger partial charge in [0.1, 0.15) is 5.76 Å². The monoisotopic (exact) mass is 531 g/mol. The summed E-state index contributed by atoms with van der Waals surface area (Å²) in [7, 11) is 1.53. The number of aliphatic carboxylic acids is 1. The van der Waals surface area contributed by atoms with Crippen LogP contribution in [0.3, 0.4) is 0 Å². The van der Waals surface area contributed by atoms with E-state index in [4.69, 9.17) is 18.9 Å². The normalized spacial score (nSPS) is 27.4. The maximum Gasteiger partial charge on any atom is 0.339 e. The predicted molar refractivity (Wildman–Crippen MR) is 135 cm³/mol. The Kier molecular flexibility index (Phi) is 6.86. The number of esters is 1. The van der Waals surface area contributed by atoms with Crippen LogP contribution in [0.5, 0.6) is 11.5 Å². The molecule has 0 radical (unpaired) electrons. The number of methoxy groups -OCH3 is 1. The first-order valence-corrected chi connectivity index (χ1v) is 13.3. The first-order valence-electron chi connectivity index (χ1n) is 13.3. The molecule has 0 amide bonds. The van der Waals surface area contributed by atoms with E-state index in [1.54, 1.807) is 13.8 Å². The average molecular weight is 532 g/mol. The lowest BCUT2D eigenvalue weighted by Crippen LogP contribution is -2.49. The molecule has 10 heteroatoms. The van der Waals surface area contributed by atoms with Gasteiger partial charge >= 0.3 is 11.9 Å². The van der Waals surface area contributed by atoms with Gasteiger partial charge in [0.25, 0.3) is 0 Å². The highest BCUT2D eigenvalue weighted by Crippen LogP contribution is 2.55. The molecule has 0 bridgehead atoms. The van der Waals surface area contributed by atoms with Crippen molar-refractivity contribution >= 4 is 11.9 Å². The largest absolute Gasteiger partial charge is 0.497 e. The molecule has 2 unspecified atom stereocenters. The number of hydrogen-bond donors (Lipinski definition) is 3. The lowest BCUT2D eigenvalue weighted by Gasteiger charge is -2.39. The van der Waals surface area contributed by atoms with Crippen LogP contribution in [-0.2, 0) is 25.5 Å². The van der Waals surface area contributed by atoms with Crippen molar-refractivity contribution in [1.29, 1.82) is 0 Å². The van der Waals surface area contributed by atoms with Crippen molar-refractivity contribution in [2.24, 2.45) is 0 Å². The quantitative estimate of drug-likeness (QED) is 0.408. The van der Waals surface area contributed by atoms with Gasteiger partial charge in [-0.3, -0.25) is 9.69 Å². The van der Waals surface area contributed by atoms with Crippen molar-refractivity contribution in [1.82, 2.24) is 4.90 Å². The van der Waals surface area contributed by atoms with Gasteiger partial charge in [0.2, 0.25) is 6.79 Å². The number of benzene rings is 1. The Morgan fingerprint density at radius 1 is 1.16 bits per heavy atom. The molecular weight excluding hydrogens is 494 g/mol. The first-order chi connectivity index (χ1) is 18.0. The number of ether oxygens (including phenoxy) is 4. The van der Waals surface area contributed by atoms with Gasteiger partial charge < -0.3 is 34.3 Å². The van der Waals surface area contributed by atoms with Gasteiger partial charge in [-0.25, -0.2) is 4.79 Å². The van der Waals surface area contributed by atoms with Crippen molar-refractivity contribution in [2.45, 2.75) is 87.6 Å². The molecule has 3 aliphatic heterocycles. The van der Waals surface area contributed by atoms with Crippen LogP contribution < -0.4 is 9.47 Å². The third kappa shape index (κ3) is 4.74. The highest BCUT2D eigenvalue weighted by atomic mass is 16.7. The molecule has 208 valence electrons. The number of carboxylic acids is 1. The number of hydrogen-bond acceptors (Lipinski definition) is 9. The van der Waals surface area contributed by atoms with Crippen LogP contribution in [-0.4, -0.2) is 82.0 Å². The molecule has 0 aromatic heterocycles. The SMILES string of the molecule is COC1=C[C@@]23CCCN2CCc2cc4c(cc2C3C1OC(=O)[C@](O)(CCCC(C)(C)O)CC(=O)O)OCO4. The number of carboxylic acid groups (broad SMARTS) is 1. The van der Waals surface area contributed by atoms with Crippen molar-refractivity contribution in [3.8, 4) is 11.5 Å². The van der Waals surface area contributed by atoms with E-state index >= 15 is 0 Å². The van der Waals surface area contributed by atoms with Crippen molar-refractivity contribution in [3.63, 3.8) is 0 Å². The molecule has 1 spiro atoms. The summed E-state index contributed by atoms with van der Waals surface area (Å²) in [6, 6.07) is 3.96.